The Hall–Kier alpha value is -2.37. The molecule has 0 aliphatic carbocycles. The summed E-state index contributed by atoms with van der Waals surface area (Å²) >= 11 is 0. The molecule has 1 amide bonds. The number of rotatable bonds is 3. The molecule has 0 N–H and O–H groups in total. The molecule has 6 nitrogen and oxygen atoms in total. The van der Waals surface area contributed by atoms with Crippen LogP contribution in [0.4, 0.5) is 5.69 Å². The number of ether oxygens (including phenoxy) is 1. The molecule has 2 aromatic rings. The summed E-state index contributed by atoms with van der Waals surface area (Å²) in [6, 6.07) is 5.36. The van der Waals surface area contributed by atoms with Gasteiger partial charge in [0.05, 0.1) is 24.7 Å². The van der Waals surface area contributed by atoms with Crippen molar-refractivity contribution in [2.24, 2.45) is 7.05 Å². The molecule has 0 fully saturated rings. The number of nitrogens with zero attached hydrogens (tertiary/aromatic N) is 4. The van der Waals surface area contributed by atoms with Crippen LogP contribution in [0, 0.1) is 0 Å². The van der Waals surface area contributed by atoms with Crippen molar-refractivity contribution in [1.82, 2.24) is 14.8 Å². The van der Waals surface area contributed by atoms with Crippen LogP contribution < -0.4 is 9.64 Å². The molecule has 0 aliphatic rings. The Kier molecular flexibility index (Phi) is 4.21. The van der Waals surface area contributed by atoms with E-state index in [2.05, 4.69) is 30.9 Å². The summed E-state index contributed by atoms with van der Waals surface area (Å²) in [5.74, 6) is 0.387. The summed E-state index contributed by atoms with van der Waals surface area (Å²) < 4.78 is 6.65. The van der Waals surface area contributed by atoms with E-state index in [1.807, 2.05) is 6.07 Å². The van der Waals surface area contributed by atoms with Crippen LogP contribution in [0.1, 0.15) is 37.0 Å². The van der Waals surface area contributed by atoms with Crippen molar-refractivity contribution in [1.29, 1.82) is 0 Å². The highest BCUT2D eigenvalue weighted by atomic mass is 16.5. The van der Waals surface area contributed by atoms with Crippen LogP contribution in [0.15, 0.2) is 24.4 Å². The molecule has 0 saturated carbocycles. The van der Waals surface area contributed by atoms with Gasteiger partial charge in [-0.1, -0.05) is 20.8 Å². The normalized spacial score (nSPS) is 11.4. The SMILES string of the molecule is COc1ccc(N(C)C(=O)c2cc(C(C)(C)C)nn2C)cn1. The summed E-state index contributed by atoms with van der Waals surface area (Å²) in [6.07, 6.45) is 1.61. The standard InChI is InChI=1S/C16H22N4O2/c1-16(2,3)13-9-12(20(5)18-13)15(21)19(4)11-7-8-14(22-6)17-10-11/h7-10H,1-6H3. The first-order chi connectivity index (χ1) is 10.2. The number of hydrogen-bond acceptors (Lipinski definition) is 4. The second-order valence-corrected chi connectivity index (χ2v) is 6.21. The molecule has 6 heteroatoms. The molecule has 118 valence electrons. The first kappa shape index (κ1) is 16.0. The molecular formula is C16H22N4O2. The topological polar surface area (TPSA) is 60.2 Å². The highest BCUT2D eigenvalue weighted by molar-refractivity contribution is 6.04. The fraction of sp³-hybridized carbons (Fsp3) is 0.438. The molecule has 0 aliphatic heterocycles. The van der Waals surface area contributed by atoms with E-state index in [9.17, 15) is 4.79 Å². The number of carbonyl (C=O) groups excluding carboxylic acids is 1. The average molecular weight is 302 g/mol. The molecule has 0 aromatic carbocycles. The number of hydrogen-bond donors (Lipinski definition) is 0. The van der Waals surface area contributed by atoms with E-state index in [-0.39, 0.29) is 11.3 Å². The van der Waals surface area contributed by atoms with Crippen molar-refractivity contribution in [2.45, 2.75) is 26.2 Å². The lowest BCUT2D eigenvalue weighted by Crippen LogP contribution is -2.28. The lowest BCUT2D eigenvalue weighted by atomic mass is 9.92. The van der Waals surface area contributed by atoms with Crippen LogP contribution in [0.3, 0.4) is 0 Å². The molecule has 0 spiro atoms. The Morgan fingerprint density at radius 2 is 2.00 bits per heavy atom. The smallest absolute Gasteiger partial charge is 0.276 e. The van der Waals surface area contributed by atoms with Gasteiger partial charge in [0.1, 0.15) is 5.69 Å². The first-order valence-corrected chi connectivity index (χ1v) is 7.06. The predicted octanol–water partition coefficient (Wildman–Crippen LogP) is 2.40. The van der Waals surface area contributed by atoms with Gasteiger partial charge in [0, 0.05) is 25.6 Å². The predicted molar refractivity (Wildman–Crippen MR) is 85.4 cm³/mol. The van der Waals surface area contributed by atoms with Crippen LogP contribution in [0.5, 0.6) is 5.88 Å². The molecule has 2 heterocycles. The van der Waals surface area contributed by atoms with E-state index in [0.717, 1.165) is 5.69 Å². The Balaban J connectivity index is 2.28. The fourth-order valence-corrected chi connectivity index (χ4v) is 2.01. The van der Waals surface area contributed by atoms with Crippen molar-refractivity contribution in [3.05, 3.63) is 35.8 Å². The maximum absolute atomic E-state index is 12.7. The minimum Gasteiger partial charge on any atom is -0.481 e. The summed E-state index contributed by atoms with van der Waals surface area (Å²) in [7, 11) is 5.05. The molecule has 0 radical (unpaired) electrons. The average Bonchev–Trinajstić information content (AvgIpc) is 2.88. The van der Waals surface area contributed by atoms with Crippen molar-refractivity contribution in [3.8, 4) is 5.88 Å². The van der Waals surface area contributed by atoms with Gasteiger partial charge in [-0.05, 0) is 12.1 Å². The third kappa shape index (κ3) is 3.10. The van der Waals surface area contributed by atoms with Crippen LogP contribution in [0.2, 0.25) is 0 Å². The number of amides is 1. The molecule has 2 aromatic heterocycles. The molecule has 0 unspecified atom stereocenters. The van der Waals surface area contributed by atoms with Gasteiger partial charge in [-0.3, -0.25) is 9.48 Å². The highest BCUT2D eigenvalue weighted by Crippen LogP contribution is 2.23. The van der Waals surface area contributed by atoms with Gasteiger partial charge in [-0.15, -0.1) is 0 Å². The lowest BCUT2D eigenvalue weighted by molar-refractivity contribution is 0.0984. The van der Waals surface area contributed by atoms with E-state index in [4.69, 9.17) is 4.74 Å². The molecule has 0 saturated heterocycles. The summed E-state index contributed by atoms with van der Waals surface area (Å²) in [4.78, 5) is 18.3. The van der Waals surface area contributed by atoms with Gasteiger partial charge < -0.3 is 9.64 Å². The second kappa shape index (κ2) is 5.79. The van der Waals surface area contributed by atoms with Crippen molar-refractivity contribution >= 4 is 11.6 Å². The molecule has 0 atom stereocenters. The Morgan fingerprint density at radius 1 is 1.32 bits per heavy atom. The van der Waals surface area contributed by atoms with Gasteiger partial charge in [-0.25, -0.2) is 4.98 Å². The van der Waals surface area contributed by atoms with Crippen LogP contribution >= 0.6 is 0 Å². The number of aromatic nitrogens is 3. The molecule has 0 bridgehead atoms. The van der Waals surface area contributed by atoms with Gasteiger partial charge in [0.25, 0.3) is 5.91 Å². The third-order valence-electron chi connectivity index (χ3n) is 3.49. The van der Waals surface area contributed by atoms with Gasteiger partial charge in [-0.2, -0.15) is 5.10 Å². The maximum atomic E-state index is 12.7. The van der Waals surface area contributed by atoms with Crippen LogP contribution in [-0.4, -0.2) is 34.8 Å². The summed E-state index contributed by atoms with van der Waals surface area (Å²) in [6.45, 7) is 6.21. The quantitative estimate of drug-likeness (QED) is 0.873. The van der Waals surface area contributed by atoms with Gasteiger partial charge in [0.15, 0.2) is 0 Å². The zero-order valence-electron chi connectivity index (χ0n) is 13.9. The number of carbonyl (C=O) groups is 1. The minimum atomic E-state index is -0.127. The van der Waals surface area contributed by atoms with E-state index >= 15 is 0 Å². The van der Waals surface area contributed by atoms with Crippen molar-refractivity contribution < 1.29 is 9.53 Å². The Labute approximate surface area is 130 Å². The van der Waals surface area contributed by atoms with Crippen molar-refractivity contribution in [2.75, 3.05) is 19.1 Å². The first-order valence-electron chi connectivity index (χ1n) is 7.06. The monoisotopic (exact) mass is 302 g/mol. The molecule has 2 rings (SSSR count). The molecule has 22 heavy (non-hydrogen) atoms. The number of anilines is 1. The number of methoxy groups -OCH3 is 1. The second-order valence-electron chi connectivity index (χ2n) is 6.21. The highest BCUT2D eigenvalue weighted by Gasteiger charge is 2.24. The van der Waals surface area contributed by atoms with Crippen LogP contribution in [0.25, 0.3) is 0 Å². The largest absolute Gasteiger partial charge is 0.481 e. The van der Waals surface area contributed by atoms with E-state index in [1.165, 1.54) is 0 Å². The Bertz CT molecular complexity index is 668. The fourth-order valence-electron chi connectivity index (χ4n) is 2.01. The van der Waals surface area contributed by atoms with Crippen molar-refractivity contribution in [3.63, 3.8) is 0 Å². The van der Waals surface area contributed by atoms with Gasteiger partial charge >= 0.3 is 0 Å². The maximum Gasteiger partial charge on any atom is 0.276 e. The number of aryl methyl sites for hydroxylation is 1. The third-order valence-corrected chi connectivity index (χ3v) is 3.49. The number of pyridine rings is 1. The van der Waals surface area contributed by atoms with Gasteiger partial charge in [0.2, 0.25) is 5.88 Å². The summed E-state index contributed by atoms with van der Waals surface area (Å²) in [5.41, 5.74) is 2.03. The van der Waals surface area contributed by atoms with E-state index in [0.29, 0.717) is 17.3 Å². The van der Waals surface area contributed by atoms with E-state index < -0.39 is 0 Å². The summed E-state index contributed by atoms with van der Waals surface area (Å²) in [5, 5.41) is 4.44. The molecular weight excluding hydrogens is 280 g/mol. The Morgan fingerprint density at radius 3 is 2.45 bits per heavy atom. The lowest BCUT2D eigenvalue weighted by Gasteiger charge is -2.17. The zero-order chi connectivity index (χ0) is 16.5. The zero-order valence-corrected chi connectivity index (χ0v) is 13.9. The van der Waals surface area contributed by atoms with Crippen LogP contribution in [-0.2, 0) is 12.5 Å². The van der Waals surface area contributed by atoms with E-state index in [1.54, 1.807) is 49.1 Å². The minimum absolute atomic E-state index is 0.101.